The predicted octanol–water partition coefficient (Wildman–Crippen LogP) is 5.12. The summed E-state index contributed by atoms with van der Waals surface area (Å²) >= 11 is 0. The van der Waals surface area contributed by atoms with Gasteiger partial charge in [-0.2, -0.15) is 0 Å². The molecule has 2 aromatic carbocycles. The molecule has 1 amide bonds. The topological polar surface area (TPSA) is 84.9 Å². The number of carbonyl (C=O) groups is 1. The Morgan fingerprint density at radius 3 is 2.31 bits per heavy atom. The Morgan fingerprint density at radius 2 is 1.71 bits per heavy atom. The Bertz CT molecular complexity index is 1180. The Morgan fingerprint density at radius 1 is 1.06 bits per heavy atom. The number of carbonyl (C=O) groups excluding carboxylic acids is 1. The van der Waals surface area contributed by atoms with Crippen LogP contribution in [0.2, 0.25) is 0 Å². The van der Waals surface area contributed by atoms with Crippen molar-refractivity contribution in [2.75, 3.05) is 25.1 Å². The number of fused-ring (bicyclic) bond motifs is 1. The van der Waals surface area contributed by atoms with E-state index < -0.39 is 15.9 Å². The van der Waals surface area contributed by atoms with Crippen LogP contribution in [-0.2, 0) is 21.4 Å². The molecule has 1 unspecified atom stereocenters. The number of rotatable bonds is 11. The number of nitrogens with one attached hydrogen (secondary N) is 1. The van der Waals surface area contributed by atoms with E-state index in [1.54, 1.807) is 19.1 Å². The smallest absolute Gasteiger partial charge is 0.270 e. The number of nitrogens with zero attached hydrogens (tertiary/aromatic N) is 1. The van der Waals surface area contributed by atoms with Gasteiger partial charge in [-0.3, -0.25) is 9.10 Å². The van der Waals surface area contributed by atoms with Gasteiger partial charge in [0, 0.05) is 18.2 Å². The molecule has 1 aliphatic heterocycles. The molecule has 7 nitrogen and oxygen atoms in total. The van der Waals surface area contributed by atoms with Crippen molar-refractivity contribution in [3.8, 4) is 11.5 Å². The average Bonchev–Trinajstić information content (AvgIpc) is 2.86. The Balaban J connectivity index is 2.08. The SMILES string of the molecule is CCCCC(CC)CNC(=O)C1=C(C)c2cc(OC)c(OC)cc2N(Cc2ccccc2)S1(=O)=O. The highest BCUT2D eigenvalue weighted by atomic mass is 32.2. The van der Waals surface area contributed by atoms with Crippen molar-refractivity contribution < 1.29 is 22.7 Å². The lowest BCUT2D eigenvalue weighted by Gasteiger charge is -2.33. The van der Waals surface area contributed by atoms with Crippen LogP contribution >= 0.6 is 0 Å². The third-order valence-electron chi connectivity index (χ3n) is 6.53. The van der Waals surface area contributed by atoms with Crippen molar-refractivity contribution in [1.29, 1.82) is 0 Å². The lowest BCUT2D eigenvalue weighted by atomic mass is 9.99. The van der Waals surface area contributed by atoms with Gasteiger partial charge in [-0.1, -0.05) is 63.4 Å². The van der Waals surface area contributed by atoms with Crippen molar-refractivity contribution in [2.24, 2.45) is 5.92 Å². The lowest BCUT2D eigenvalue weighted by Crippen LogP contribution is -2.41. The Labute approximate surface area is 209 Å². The third kappa shape index (κ3) is 5.64. The zero-order valence-electron chi connectivity index (χ0n) is 21.3. The largest absolute Gasteiger partial charge is 0.493 e. The summed E-state index contributed by atoms with van der Waals surface area (Å²) in [7, 11) is -1.10. The first-order valence-corrected chi connectivity index (χ1v) is 13.5. The van der Waals surface area contributed by atoms with Crippen LogP contribution in [0.4, 0.5) is 5.69 Å². The Hall–Kier alpha value is -3.00. The number of allylic oxidation sites excluding steroid dienone is 1. The van der Waals surface area contributed by atoms with E-state index in [9.17, 15) is 13.2 Å². The molecule has 1 N–H and O–H groups in total. The number of ether oxygens (including phenoxy) is 2. The fourth-order valence-electron chi connectivity index (χ4n) is 4.40. The van der Waals surface area contributed by atoms with Crippen molar-refractivity contribution in [3.63, 3.8) is 0 Å². The number of sulfonamides is 1. The van der Waals surface area contributed by atoms with Gasteiger partial charge < -0.3 is 14.8 Å². The van der Waals surface area contributed by atoms with Crippen molar-refractivity contribution >= 4 is 27.2 Å². The van der Waals surface area contributed by atoms with Gasteiger partial charge in [-0.25, -0.2) is 8.42 Å². The van der Waals surface area contributed by atoms with Crippen LogP contribution in [0.3, 0.4) is 0 Å². The van der Waals surface area contributed by atoms with Gasteiger partial charge in [0.2, 0.25) is 0 Å². The van der Waals surface area contributed by atoms with Crippen molar-refractivity contribution in [1.82, 2.24) is 5.32 Å². The molecule has 2 aromatic rings. The van der Waals surface area contributed by atoms with Crippen molar-refractivity contribution in [2.45, 2.75) is 53.0 Å². The molecule has 0 radical (unpaired) electrons. The van der Waals surface area contributed by atoms with Gasteiger partial charge >= 0.3 is 0 Å². The first-order chi connectivity index (χ1) is 16.8. The molecule has 0 spiro atoms. The molecule has 1 aliphatic rings. The van der Waals surface area contributed by atoms with E-state index >= 15 is 0 Å². The Kier molecular flexibility index (Phi) is 8.83. The molecule has 0 bridgehead atoms. The summed E-state index contributed by atoms with van der Waals surface area (Å²) in [5.41, 5.74) is 2.28. The van der Waals surface area contributed by atoms with E-state index in [1.807, 2.05) is 30.3 Å². The van der Waals surface area contributed by atoms with E-state index in [0.717, 1.165) is 31.2 Å². The summed E-state index contributed by atoms with van der Waals surface area (Å²) in [6.45, 7) is 6.43. The number of hydrogen-bond acceptors (Lipinski definition) is 5. The van der Waals surface area contributed by atoms with Crippen LogP contribution < -0.4 is 19.1 Å². The second kappa shape index (κ2) is 11.6. The van der Waals surface area contributed by atoms with Crippen LogP contribution in [0.5, 0.6) is 11.5 Å². The molecule has 0 fully saturated rings. The molecule has 3 rings (SSSR count). The fourth-order valence-corrected chi connectivity index (χ4v) is 6.15. The van der Waals surface area contributed by atoms with Crippen LogP contribution in [0.15, 0.2) is 47.4 Å². The van der Waals surface area contributed by atoms with Gasteiger partial charge in [-0.05, 0) is 36.5 Å². The lowest BCUT2D eigenvalue weighted by molar-refractivity contribution is -0.117. The summed E-state index contributed by atoms with van der Waals surface area (Å²) in [6, 6.07) is 12.7. The molecule has 8 heteroatoms. The second-order valence-electron chi connectivity index (χ2n) is 8.80. The van der Waals surface area contributed by atoms with E-state index in [2.05, 4.69) is 19.2 Å². The first-order valence-electron chi connectivity index (χ1n) is 12.1. The highest BCUT2D eigenvalue weighted by Crippen LogP contribution is 2.45. The minimum Gasteiger partial charge on any atom is -0.493 e. The van der Waals surface area contributed by atoms with E-state index in [0.29, 0.717) is 40.8 Å². The zero-order valence-corrected chi connectivity index (χ0v) is 22.1. The summed E-state index contributed by atoms with van der Waals surface area (Å²) in [5, 5.41) is 2.91. The molecular weight excluding hydrogens is 464 g/mol. The van der Waals surface area contributed by atoms with Crippen molar-refractivity contribution in [3.05, 3.63) is 58.5 Å². The number of amides is 1. The summed E-state index contributed by atoms with van der Waals surface area (Å²) in [5.74, 6) is 0.621. The summed E-state index contributed by atoms with van der Waals surface area (Å²) in [4.78, 5) is 13.1. The number of methoxy groups -OCH3 is 2. The highest BCUT2D eigenvalue weighted by Gasteiger charge is 2.40. The van der Waals surface area contributed by atoms with Crippen LogP contribution in [0.1, 0.15) is 57.6 Å². The predicted molar refractivity (Wildman–Crippen MR) is 140 cm³/mol. The highest BCUT2D eigenvalue weighted by molar-refractivity contribution is 7.97. The maximum atomic E-state index is 13.9. The van der Waals surface area contributed by atoms with E-state index in [4.69, 9.17) is 9.47 Å². The molecule has 0 saturated heterocycles. The van der Waals surface area contributed by atoms with Gasteiger partial charge in [0.25, 0.3) is 15.9 Å². The number of anilines is 1. The first kappa shape index (κ1) is 26.6. The second-order valence-corrected chi connectivity index (χ2v) is 10.6. The monoisotopic (exact) mass is 500 g/mol. The number of unbranched alkanes of at least 4 members (excludes halogenated alkanes) is 1. The quantitative estimate of drug-likeness (QED) is 0.463. The molecule has 1 heterocycles. The maximum absolute atomic E-state index is 13.9. The molecule has 0 aromatic heterocycles. The molecule has 1 atom stereocenters. The van der Waals surface area contributed by atoms with E-state index in [1.165, 1.54) is 18.5 Å². The average molecular weight is 501 g/mol. The maximum Gasteiger partial charge on any atom is 0.270 e. The molecule has 190 valence electrons. The van der Waals surface area contributed by atoms with Gasteiger partial charge in [0.15, 0.2) is 16.4 Å². The summed E-state index contributed by atoms with van der Waals surface area (Å²) < 4.78 is 40.0. The minimum absolute atomic E-state index is 0.0871. The fraction of sp³-hybridized carbons (Fsp3) is 0.444. The number of hydrogen-bond donors (Lipinski definition) is 1. The third-order valence-corrected chi connectivity index (χ3v) is 8.45. The van der Waals surface area contributed by atoms with Gasteiger partial charge in [0.05, 0.1) is 26.5 Å². The van der Waals surface area contributed by atoms with E-state index in [-0.39, 0.29) is 11.4 Å². The van der Waals surface area contributed by atoms with Crippen LogP contribution in [-0.4, -0.2) is 35.1 Å². The minimum atomic E-state index is -4.14. The standard InChI is InChI=1S/C27H36N2O5S/c1-6-8-12-20(7-2)17-28-27(30)26-19(3)22-15-24(33-4)25(34-5)16-23(22)29(35(26,31)32)18-21-13-10-9-11-14-21/h9-11,13-16,20H,6-8,12,17-18H2,1-5H3,(H,28,30). The zero-order chi connectivity index (χ0) is 25.6. The molecular formula is C27H36N2O5S. The van der Waals surface area contributed by atoms with Gasteiger partial charge in [-0.15, -0.1) is 0 Å². The van der Waals surface area contributed by atoms with Crippen LogP contribution in [0, 0.1) is 5.92 Å². The molecule has 0 aliphatic carbocycles. The summed E-state index contributed by atoms with van der Waals surface area (Å²) in [6.07, 6.45) is 4.08. The van der Waals surface area contributed by atoms with Gasteiger partial charge in [0.1, 0.15) is 0 Å². The molecule has 35 heavy (non-hydrogen) atoms. The normalized spacial score (nSPS) is 15.4. The number of benzene rings is 2. The van der Waals surface area contributed by atoms with Crippen LogP contribution in [0.25, 0.3) is 5.57 Å². The molecule has 0 saturated carbocycles.